The summed E-state index contributed by atoms with van der Waals surface area (Å²) in [5, 5.41) is 29.0. The lowest BCUT2D eigenvalue weighted by molar-refractivity contribution is -0.154. The number of rotatable bonds is 6. The molecule has 1 fully saturated rings. The first-order chi connectivity index (χ1) is 16.9. The standard InChI is InChI=1S/C26H31ClN6O3/c1-24(2)16-33(13-12-26(24,36)19-8-10-20(27)11-9-19)21(34)15-25(3,4)28-23(35)18-7-5-6-17(14-18)22-29-31-32-30-22/h5-11,14,36H,12-13,15-16H2,1-4H3,(H,28,35)(H,29,30,31,32)/t26-/m0/s1. The maximum absolute atomic E-state index is 13.3. The van der Waals surface area contributed by atoms with Crippen molar-refractivity contribution in [3.63, 3.8) is 0 Å². The van der Waals surface area contributed by atoms with Gasteiger partial charge < -0.3 is 15.3 Å². The van der Waals surface area contributed by atoms with Crippen molar-refractivity contribution in [2.75, 3.05) is 13.1 Å². The van der Waals surface area contributed by atoms with Gasteiger partial charge in [-0.3, -0.25) is 9.59 Å². The minimum atomic E-state index is -1.08. The Labute approximate surface area is 215 Å². The summed E-state index contributed by atoms with van der Waals surface area (Å²) in [7, 11) is 0. The van der Waals surface area contributed by atoms with Crippen molar-refractivity contribution < 1.29 is 14.7 Å². The highest BCUT2D eigenvalue weighted by Gasteiger charge is 2.49. The largest absolute Gasteiger partial charge is 0.384 e. The van der Waals surface area contributed by atoms with Gasteiger partial charge in [0.25, 0.3) is 5.91 Å². The fourth-order valence-electron chi connectivity index (χ4n) is 4.79. The molecule has 3 N–H and O–H groups in total. The second-order valence-corrected chi connectivity index (χ2v) is 11.1. The summed E-state index contributed by atoms with van der Waals surface area (Å²) in [6.07, 6.45) is 0.530. The van der Waals surface area contributed by atoms with Gasteiger partial charge >= 0.3 is 0 Å². The fraction of sp³-hybridized carbons (Fsp3) is 0.423. The molecule has 0 saturated carbocycles. The molecule has 1 aliphatic heterocycles. The minimum absolute atomic E-state index is 0.0768. The third kappa shape index (κ3) is 5.27. The molecule has 0 unspecified atom stereocenters. The van der Waals surface area contributed by atoms with E-state index in [2.05, 4.69) is 25.9 Å². The molecule has 3 aromatic rings. The third-order valence-corrected chi connectivity index (χ3v) is 7.15. The van der Waals surface area contributed by atoms with E-state index in [9.17, 15) is 14.7 Å². The Morgan fingerprint density at radius 3 is 2.56 bits per heavy atom. The zero-order valence-corrected chi connectivity index (χ0v) is 21.6. The summed E-state index contributed by atoms with van der Waals surface area (Å²) in [4.78, 5) is 28.0. The van der Waals surface area contributed by atoms with Gasteiger partial charge in [0.15, 0.2) is 0 Å². The highest BCUT2D eigenvalue weighted by atomic mass is 35.5. The molecule has 1 aromatic heterocycles. The molecule has 2 aromatic carbocycles. The van der Waals surface area contributed by atoms with Gasteiger partial charge in [0.05, 0.1) is 5.60 Å². The van der Waals surface area contributed by atoms with E-state index in [0.29, 0.717) is 41.5 Å². The van der Waals surface area contributed by atoms with Gasteiger partial charge in [-0.2, -0.15) is 5.21 Å². The Morgan fingerprint density at radius 2 is 1.92 bits per heavy atom. The van der Waals surface area contributed by atoms with Gasteiger partial charge in [-0.25, -0.2) is 0 Å². The van der Waals surface area contributed by atoms with Gasteiger partial charge in [0, 0.05) is 46.6 Å². The molecule has 1 saturated heterocycles. The van der Waals surface area contributed by atoms with Crippen molar-refractivity contribution in [3.05, 3.63) is 64.7 Å². The van der Waals surface area contributed by atoms with Gasteiger partial charge in [-0.05, 0) is 55.3 Å². The van der Waals surface area contributed by atoms with Crippen LogP contribution in [-0.2, 0) is 10.4 Å². The Morgan fingerprint density at radius 1 is 1.19 bits per heavy atom. The summed E-state index contributed by atoms with van der Waals surface area (Å²) < 4.78 is 0. The molecule has 36 heavy (non-hydrogen) atoms. The first-order valence-corrected chi connectivity index (χ1v) is 12.2. The SMILES string of the molecule is CC(C)(CC(=O)N1CC[C@](O)(c2ccc(Cl)cc2)C(C)(C)C1)NC(=O)c1cccc(-c2nn[nH]n2)c1. The van der Waals surface area contributed by atoms with Crippen molar-refractivity contribution in [2.24, 2.45) is 5.41 Å². The summed E-state index contributed by atoms with van der Waals surface area (Å²) in [6, 6.07) is 14.1. The fourth-order valence-corrected chi connectivity index (χ4v) is 4.92. The van der Waals surface area contributed by atoms with Crippen LogP contribution in [0.2, 0.25) is 5.02 Å². The van der Waals surface area contributed by atoms with E-state index in [0.717, 1.165) is 5.56 Å². The molecule has 10 heteroatoms. The molecule has 2 heterocycles. The summed E-state index contributed by atoms with van der Waals surface area (Å²) in [6.45, 7) is 8.38. The number of carbonyl (C=O) groups is 2. The number of H-pyrrole nitrogens is 1. The van der Waals surface area contributed by atoms with Crippen LogP contribution >= 0.6 is 11.6 Å². The van der Waals surface area contributed by atoms with Crippen molar-refractivity contribution in [2.45, 2.75) is 51.7 Å². The number of aromatic amines is 1. The first kappa shape index (κ1) is 25.8. The van der Waals surface area contributed by atoms with E-state index >= 15 is 0 Å². The lowest BCUT2D eigenvalue weighted by atomic mass is 9.66. The van der Waals surface area contributed by atoms with Crippen molar-refractivity contribution >= 4 is 23.4 Å². The van der Waals surface area contributed by atoms with Crippen LogP contribution in [0.1, 0.15) is 56.5 Å². The number of nitrogens with one attached hydrogen (secondary N) is 2. The van der Waals surface area contributed by atoms with Gasteiger partial charge in [0.1, 0.15) is 0 Å². The number of aliphatic hydroxyl groups is 1. The quantitative estimate of drug-likeness (QED) is 0.465. The smallest absolute Gasteiger partial charge is 0.251 e. The highest BCUT2D eigenvalue weighted by molar-refractivity contribution is 6.30. The Bertz CT molecular complexity index is 1240. The zero-order valence-electron chi connectivity index (χ0n) is 20.9. The Balaban J connectivity index is 1.41. The number of tetrazole rings is 1. The minimum Gasteiger partial charge on any atom is -0.384 e. The molecular weight excluding hydrogens is 480 g/mol. The zero-order chi connectivity index (χ0) is 26.1. The molecule has 1 aliphatic rings. The summed E-state index contributed by atoms with van der Waals surface area (Å²) in [5.74, 6) is 0.0201. The number of hydrogen-bond donors (Lipinski definition) is 3. The summed E-state index contributed by atoms with van der Waals surface area (Å²) in [5.41, 5.74) is -0.567. The number of piperidine rings is 1. The molecule has 190 valence electrons. The predicted molar refractivity (Wildman–Crippen MR) is 136 cm³/mol. The number of hydrogen-bond acceptors (Lipinski definition) is 6. The van der Waals surface area contributed by atoms with E-state index in [-0.39, 0.29) is 18.2 Å². The maximum atomic E-state index is 13.3. The molecule has 9 nitrogen and oxygen atoms in total. The lowest BCUT2D eigenvalue weighted by Gasteiger charge is -2.51. The van der Waals surface area contributed by atoms with Crippen molar-refractivity contribution in [3.8, 4) is 11.4 Å². The van der Waals surface area contributed by atoms with Crippen LogP contribution in [0.5, 0.6) is 0 Å². The number of nitrogens with zero attached hydrogens (tertiary/aromatic N) is 4. The second kappa shape index (κ2) is 9.63. The van der Waals surface area contributed by atoms with Gasteiger partial charge in [0.2, 0.25) is 11.7 Å². The van der Waals surface area contributed by atoms with E-state index in [1.54, 1.807) is 41.3 Å². The predicted octanol–water partition coefficient (Wildman–Crippen LogP) is 3.56. The average Bonchev–Trinajstić information content (AvgIpc) is 3.36. The average molecular weight is 511 g/mol. The van der Waals surface area contributed by atoms with Crippen LogP contribution in [0.25, 0.3) is 11.4 Å². The van der Waals surface area contributed by atoms with E-state index in [4.69, 9.17) is 11.6 Å². The molecule has 0 spiro atoms. The number of likely N-dealkylation sites (tertiary alicyclic amines) is 1. The first-order valence-electron chi connectivity index (χ1n) is 11.8. The van der Waals surface area contributed by atoms with Gasteiger partial charge in [-0.15, -0.1) is 10.2 Å². The molecule has 0 aliphatic carbocycles. The van der Waals surface area contributed by atoms with Crippen molar-refractivity contribution in [1.82, 2.24) is 30.8 Å². The maximum Gasteiger partial charge on any atom is 0.251 e. The topological polar surface area (TPSA) is 124 Å². The second-order valence-electron chi connectivity index (χ2n) is 10.6. The monoisotopic (exact) mass is 510 g/mol. The van der Waals surface area contributed by atoms with E-state index < -0.39 is 16.6 Å². The number of amides is 2. The Kier molecular flexibility index (Phi) is 6.90. The van der Waals surface area contributed by atoms with Crippen molar-refractivity contribution in [1.29, 1.82) is 0 Å². The number of halogens is 1. The van der Waals surface area contributed by atoms with Crippen LogP contribution in [0.4, 0.5) is 0 Å². The van der Waals surface area contributed by atoms with Crippen LogP contribution < -0.4 is 5.32 Å². The normalized spacial score (nSPS) is 19.7. The molecule has 4 rings (SSSR count). The molecular formula is C26H31ClN6O3. The van der Waals surface area contributed by atoms with Crippen LogP contribution in [0.3, 0.4) is 0 Å². The molecule has 0 bridgehead atoms. The molecule has 0 radical (unpaired) electrons. The third-order valence-electron chi connectivity index (χ3n) is 6.90. The highest BCUT2D eigenvalue weighted by Crippen LogP contribution is 2.46. The summed E-state index contributed by atoms with van der Waals surface area (Å²) >= 11 is 6.03. The van der Waals surface area contributed by atoms with Crippen LogP contribution in [0, 0.1) is 5.41 Å². The van der Waals surface area contributed by atoms with Gasteiger partial charge in [-0.1, -0.05) is 49.7 Å². The number of carbonyl (C=O) groups excluding carboxylic acids is 2. The Hall–Kier alpha value is -3.30. The number of benzene rings is 2. The van der Waals surface area contributed by atoms with E-state index in [1.807, 2.05) is 39.8 Å². The molecule has 1 atom stereocenters. The lowest BCUT2D eigenvalue weighted by Crippen LogP contribution is -2.58. The molecule has 2 amide bonds. The van der Waals surface area contributed by atoms with Crippen LogP contribution in [0.15, 0.2) is 48.5 Å². The number of aromatic nitrogens is 4. The van der Waals surface area contributed by atoms with Crippen LogP contribution in [-0.4, -0.2) is 61.1 Å². The van der Waals surface area contributed by atoms with E-state index in [1.165, 1.54) is 0 Å².